The molecule has 1 heteroatoms. The Morgan fingerprint density at radius 2 is 1.24 bits per heavy atom. The topological polar surface area (TPSA) is 0 Å². The van der Waals surface area contributed by atoms with Crippen molar-refractivity contribution in [2.75, 3.05) is 0 Å². The molecule has 0 heterocycles. The van der Waals surface area contributed by atoms with E-state index in [0.29, 0.717) is 21.5 Å². The number of halogens is 1. The van der Waals surface area contributed by atoms with Crippen LogP contribution in [0.15, 0.2) is 46.8 Å². The van der Waals surface area contributed by atoms with Gasteiger partial charge in [-0.05, 0) is 76.3 Å². The van der Waals surface area contributed by atoms with Gasteiger partial charge in [0.25, 0.3) is 0 Å². The maximum absolute atomic E-state index is 8.80. The van der Waals surface area contributed by atoms with Crippen LogP contribution in [0.5, 0.6) is 0 Å². The van der Waals surface area contributed by atoms with Gasteiger partial charge >= 0.3 is 0 Å². The molecular formula is C24H25Br. The maximum Gasteiger partial charge on any atom is 0.0630 e. The van der Waals surface area contributed by atoms with Gasteiger partial charge < -0.3 is 0 Å². The standard InChI is InChI=1S/C24H25Br/c1-23(2,3)17-11-14-7-8-16-13-19(24(4,5)6)22(25)18-10-9-15(12-17)20(14)21(16)18/h7-13H,1-6H3/i7D,8D,9D,10D. The van der Waals surface area contributed by atoms with Crippen LogP contribution in [0, 0.1) is 0 Å². The molecule has 0 spiro atoms. The lowest BCUT2D eigenvalue weighted by Gasteiger charge is -2.25. The van der Waals surface area contributed by atoms with E-state index in [1.807, 2.05) is 18.2 Å². The van der Waals surface area contributed by atoms with Crippen LogP contribution >= 0.6 is 15.9 Å². The van der Waals surface area contributed by atoms with Crippen molar-refractivity contribution in [3.05, 3.63) is 58.0 Å². The third kappa shape index (κ3) is 2.56. The van der Waals surface area contributed by atoms with E-state index >= 15 is 0 Å². The van der Waals surface area contributed by atoms with E-state index in [2.05, 4.69) is 57.5 Å². The van der Waals surface area contributed by atoms with E-state index in [4.69, 9.17) is 5.48 Å². The van der Waals surface area contributed by atoms with Crippen LogP contribution in [0.4, 0.5) is 0 Å². The first-order chi connectivity index (χ1) is 13.2. The lowest BCUT2D eigenvalue weighted by atomic mass is 9.81. The monoisotopic (exact) mass is 396 g/mol. The van der Waals surface area contributed by atoms with Gasteiger partial charge in [0.15, 0.2) is 0 Å². The Morgan fingerprint density at radius 3 is 1.76 bits per heavy atom. The molecule has 0 atom stereocenters. The molecule has 0 saturated heterocycles. The highest BCUT2D eigenvalue weighted by Crippen LogP contribution is 2.43. The summed E-state index contributed by atoms with van der Waals surface area (Å²) in [7, 11) is 0. The maximum atomic E-state index is 8.80. The molecule has 0 aliphatic heterocycles. The minimum Gasteiger partial charge on any atom is -0.0561 e. The predicted octanol–water partition coefficient (Wildman–Crippen LogP) is 7.94. The van der Waals surface area contributed by atoms with Crippen LogP contribution in [-0.2, 0) is 10.8 Å². The Hall–Kier alpha value is -1.60. The molecule has 0 aliphatic rings. The minimum atomic E-state index is -0.202. The lowest BCUT2D eigenvalue weighted by Crippen LogP contribution is -2.12. The molecule has 4 aromatic carbocycles. The second-order valence-electron chi connectivity index (χ2n) is 8.98. The van der Waals surface area contributed by atoms with Gasteiger partial charge in [0.2, 0.25) is 0 Å². The Bertz CT molecular complexity index is 1290. The minimum absolute atomic E-state index is 0.159. The molecule has 4 rings (SSSR count). The molecule has 4 aromatic rings. The molecule has 0 aliphatic carbocycles. The molecular weight excluding hydrogens is 368 g/mol. The normalized spacial score (nSPS) is 15.6. The van der Waals surface area contributed by atoms with Crippen molar-refractivity contribution in [2.45, 2.75) is 52.4 Å². The first-order valence-corrected chi connectivity index (χ1v) is 9.46. The molecule has 25 heavy (non-hydrogen) atoms. The predicted molar refractivity (Wildman–Crippen MR) is 115 cm³/mol. The average molecular weight is 397 g/mol. The molecule has 0 aromatic heterocycles. The van der Waals surface area contributed by atoms with E-state index in [1.165, 1.54) is 0 Å². The molecule has 0 N–H and O–H groups in total. The fraction of sp³-hybridized carbons (Fsp3) is 0.333. The molecule has 0 amide bonds. The van der Waals surface area contributed by atoms with Crippen molar-refractivity contribution in [1.82, 2.24) is 0 Å². The zero-order valence-electron chi connectivity index (χ0n) is 19.6. The Morgan fingerprint density at radius 1 is 0.720 bits per heavy atom. The molecule has 0 bridgehead atoms. The molecule has 0 nitrogen and oxygen atoms in total. The van der Waals surface area contributed by atoms with E-state index in [0.717, 1.165) is 26.4 Å². The highest BCUT2D eigenvalue weighted by Gasteiger charge is 2.22. The summed E-state index contributed by atoms with van der Waals surface area (Å²) in [4.78, 5) is 0. The van der Waals surface area contributed by atoms with Gasteiger partial charge in [0.1, 0.15) is 0 Å². The molecule has 0 fully saturated rings. The Kier molecular flexibility index (Phi) is 2.64. The third-order valence-corrected chi connectivity index (χ3v) is 5.80. The zero-order chi connectivity index (χ0) is 21.6. The van der Waals surface area contributed by atoms with Crippen molar-refractivity contribution in [2.24, 2.45) is 0 Å². The van der Waals surface area contributed by atoms with Gasteiger partial charge in [0.05, 0.1) is 5.48 Å². The summed E-state index contributed by atoms with van der Waals surface area (Å²) in [5, 5.41) is 4.39. The zero-order valence-corrected chi connectivity index (χ0v) is 17.2. The number of hydrogen-bond acceptors (Lipinski definition) is 0. The van der Waals surface area contributed by atoms with E-state index in [9.17, 15) is 0 Å². The molecule has 0 radical (unpaired) electrons. The van der Waals surface area contributed by atoms with Gasteiger partial charge in [-0.1, -0.05) is 77.8 Å². The van der Waals surface area contributed by atoms with Crippen LogP contribution in [0.25, 0.3) is 32.3 Å². The van der Waals surface area contributed by atoms with Crippen molar-refractivity contribution in [3.8, 4) is 0 Å². The number of benzene rings is 4. The van der Waals surface area contributed by atoms with Gasteiger partial charge in [-0.15, -0.1) is 0 Å². The number of rotatable bonds is 0. The van der Waals surface area contributed by atoms with Crippen LogP contribution in [0.3, 0.4) is 0 Å². The van der Waals surface area contributed by atoms with Crippen LogP contribution in [0.1, 0.15) is 58.2 Å². The largest absolute Gasteiger partial charge is 0.0630 e. The highest BCUT2D eigenvalue weighted by molar-refractivity contribution is 9.10. The van der Waals surface area contributed by atoms with Gasteiger partial charge in [-0.2, -0.15) is 0 Å². The Labute approximate surface area is 164 Å². The van der Waals surface area contributed by atoms with Gasteiger partial charge in [-0.3, -0.25) is 0 Å². The summed E-state index contributed by atoms with van der Waals surface area (Å²) < 4.78 is 35.9. The summed E-state index contributed by atoms with van der Waals surface area (Å²) in [5.74, 6) is 0. The molecule has 128 valence electrons. The van der Waals surface area contributed by atoms with Crippen LogP contribution < -0.4 is 0 Å². The fourth-order valence-corrected chi connectivity index (χ4v) is 4.49. The SMILES string of the molecule is [2H]c1c([2H])c2cc(C(C)(C)C)c(Br)c3c([2H])c([2H])c4cc(C(C)(C)C)cc1c4c23. The van der Waals surface area contributed by atoms with Crippen molar-refractivity contribution < 1.29 is 5.48 Å². The Balaban J connectivity index is 2.40. The first-order valence-electron chi connectivity index (χ1n) is 10.7. The highest BCUT2D eigenvalue weighted by atomic mass is 79.9. The number of hydrogen-bond donors (Lipinski definition) is 0. The summed E-state index contributed by atoms with van der Waals surface area (Å²) in [6.07, 6.45) is 0. The smallest absolute Gasteiger partial charge is 0.0561 e. The summed E-state index contributed by atoms with van der Waals surface area (Å²) in [5.41, 5.74) is 1.64. The molecule has 0 saturated carbocycles. The van der Waals surface area contributed by atoms with Gasteiger partial charge in [-0.25, -0.2) is 0 Å². The van der Waals surface area contributed by atoms with Crippen molar-refractivity contribution >= 4 is 48.2 Å². The van der Waals surface area contributed by atoms with Crippen molar-refractivity contribution in [3.63, 3.8) is 0 Å². The van der Waals surface area contributed by atoms with Crippen LogP contribution in [-0.4, -0.2) is 0 Å². The quantitative estimate of drug-likeness (QED) is 0.264. The second-order valence-corrected chi connectivity index (χ2v) is 9.78. The third-order valence-electron chi connectivity index (χ3n) is 4.98. The van der Waals surface area contributed by atoms with E-state index in [-0.39, 0.29) is 35.0 Å². The van der Waals surface area contributed by atoms with E-state index < -0.39 is 0 Å². The van der Waals surface area contributed by atoms with Gasteiger partial charge in [0, 0.05) is 4.47 Å². The first kappa shape index (κ1) is 12.7. The molecule has 0 unspecified atom stereocenters. The summed E-state index contributed by atoms with van der Waals surface area (Å²) in [6.45, 7) is 12.6. The fourth-order valence-electron chi connectivity index (χ4n) is 3.49. The lowest BCUT2D eigenvalue weighted by molar-refractivity contribution is 0.589. The van der Waals surface area contributed by atoms with E-state index in [1.54, 1.807) is 0 Å². The average Bonchev–Trinajstić information content (AvgIpc) is 2.60. The van der Waals surface area contributed by atoms with Crippen molar-refractivity contribution in [1.29, 1.82) is 0 Å². The summed E-state index contributed by atoms with van der Waals surface area (Å²) >= 11 is 3.72. The summed E-state index contributed by atoms with van der Waals surface area (Å²) in [6, 6.07) is 6.71. The second kappa shape index (κ2) is 5.20. The van der Waals surface area contributed by atoms with Crippen LogP contribution in [0.2, 0.25) is 0 Å².